The van der Waals surface area contributed by atoms with Gasteiger partial charge in [0, 0.05) is 5.92 Å². The fourth-order valence-electron chi connectivity index (χ4n) is 2.15. The first-order chi connectivity index (χ1) is 7.04. The molecule has 0 aliphatic heterocycles. The lowest BCUT2D eigenvalue weighted by atomic mass is 10.1. The van der Waals surface area contributed by atoms with Gasteiger partial charge in [-0.3, -0.25) is 9.59 Å². The number of carboxylic acid groups (broad SMARTS) is 1. The fraction of sp³-hybridized carbons (Fsp3) is 0.800. The molecular formula is C10H17NO4. The summed E-state index contributed by atoms with van der Waals surface area (Å²) in [5.74, 6) is -1.88. The topological polar surface area (TPSA) is 89.6 Å². The van der Waals surface area contributed by atoms with Crippen molar-refractivity contribution in [3.63, 3.8) is 0 Å². The number of ether oxygens (including phenoxy) is 1. The van der Waals surface area contributed by atoms with E-state index in [2.05, 4.69) is 0 Å². The van der Waals surface area contributed by atoms with Crippen molar-refractivity contribution in [3.8, 4) is 0 Å². The van der Waals surface area contributed by atoms with Crippen LogP contribution in [0.5, 0.6) is 0 Å². The van der Waals surface area contributed by atoms with Gasteiger partial charge in [0.2, 0.25) is 0 Å². The second kappa shape index (κ2) is 4.61. The van der Waals surface area contributed by atoms with Crippen LogP contribution in [0.4, 0.5) is 0 Å². The summed E-state index contributed by atoms with van der Waals surface area (Å²) in [6.45, 7) is 3.97. The van der Waals surface area contributed by atoms with Crippen LogP contribution in [0.15, 0.2) is 0 Å². The fourth-order valence-corrected chi connectivity index (χ4v) is 2.15. The van der Waals surface area contributed by atoms with Crippen LogP contribution in [0.3, 0.4) is 0 Å². The molecule has 1 rings (SSSR count). The van der Waals surface area contributed by atoms with Gasteiger partial charge in [0.25, 0.3) is 0 Å². The highest BCUT2D eigenvalue weighted by Gasteiger charge is 2.58. The molecule has 0 aromatic rings. The van der Waals surface area contributed by atoms with Crippen LogP contribution in [0.2, 0.25) is 0 Å². The zero-order chi connectivity index (χ0) is 11.6. The molecule has 0 aromatic carbocycles. The monoisotopic (exact) mass is 215 g/mol. The minimum Gasteiger partial charge on any atom is -0.480 e. The normalized spacial score (nSPS) is 30.7. The van der Waals surface area contributed by atoms with Crippen LogP contribution in [0, 0.1) is 17.8 Å². The Labute approximate surface area is 88.6 Å². The summed E-state index contributed by atoms with van der Waals surface area (Å²) < 4.78 is 4.87. The molecule has 0 amide bonds. The first kappa shape index (κ1) is 12.0. The molecule has 1 aliphatic rings. The quantitative estimate of drug-likeness (QED) is 0.641. The molecule has 3 N–H and O–H groups in total. The maximum atomic E-state index is 11.4. The number of hydrogen-bond donors (Lipinski definition) is 2. The highest BCUT2D eigenvalue weighted by Crippen LogP contribution is 2.50. The van der Waals surface area contributed by atoms with Crippen molar-refractivity contribution in [2.24, 2.45) is 23.5 Å². The summed E-state index contributed by atoms with van der Waals surface area (Å²) in [4.78, 5) is 22.1. The largest absolute Gasteiger partial charge is 0.480 e. The van der Waals surface area contributed by atoms with Crippen molar-refractivity contribution in [3.05, 3.63) is 0 Å². The number of carbonyl (C=O) groups excluding carboxylic acids is 1. The summed E-state index contributed by atoms with van der Waals surface area (Å²) in [6, 6.07) is -0.954. The second-order valence-corrected chi connectivity index (χ2v) is 3.79. The molecule has 5 nitrogen and oxygen atoms in total. The lowest BCUT2D eigenvalue weighted by Crippen LogP contribution is -2.34. The Bertz CT molecular complexity index is 266. The number of nitrogens with two attached hydrogens (primary N) is 1. The smallest absolute Gasteiger partial charge is 0.320 e. The van der Waals surface area contributed by atoms with Gasteiger partial charge < -0.3 is 15.6 Å². The van der Waals surface area contributed by atoms with E-state index in [1.54, 1.807) is 6.92 Å². The lowest BCUT2D eigenvalue weighted by Gasteiger charge is -2.04. The summed E-state index contributed by atoms with van der Waals surface area (Å²) in [7, 11) is 0. The van der Waals surface area contributed by atoms with Crippen molar-refractivity contribution in [2.45, 2.75) is 26.3 Å². The van der Waals surface area contributed by atoms with Crippen LogP contribution in [0.25, 0.3) is 0 Å². The molecule has 15 heavy (non-hydrogen) atoms. The molecule has 0 heterocycles. The van der Waals surface area contributed by atoms with Crippen molar-refractivity contribution >= 4 is 11.9 Å². The highest BCUT2D eigenvalue weighted by atomic mass is 16.5. The molecule has 86 valence electrons. The summed E-state index contributed by atoms with van der Waals surface area (Å²) >= 11 is 0. The number of esters is 1. The van der Waals surface area contributed by atoms with E-state index in [1.807, 2.05) is 6.92 Å². The Morgan fingerprint density at radius 2 is 2.07 bits per heavy atom. The summed E-state index contributed by atoms with van der Waals surface area (Å²) in [6.07, 6.45) is 0.759. The number of rotatable bonds is 5. The Morgan fingerprint density at radius 3 is 2.47 bits per heavy atom. The maximum absolute atomic E-state index is 11.4. The Kier molecular flexibility index (Phi) is 3.68. The minimum atomic E-state index is -1.05. The van der Waals surface area contributed by atoms with E-state index in [0.717, 1.165) is 6.42 Å². The number of hydrogen-bond acceptors (Lipinski definition) is 4. The summed E-state index contributed by atoms with van der Waals surface area (Å²) in [5, 5.41) is 8.76. The van der Waals surface area contributed by atoms with Crippen LogP contribution in [0.1, 0.15) is 20.3 Å². The van der Waals surface area contributed by atoms with Crippen LogP contribution >= 0.6 is 0 Å². The van der Waals surface area contributed by atoms with Crippen molar-refractivity contribution in [1.29, 1.82) is 0 Å². The van der Waals surface area contributed by atoms with Gasteiger partial charge in [-0.1, -0.05) is 13.3 Å². The standard InChI is InChI=1S/C10H17NO4/c1-3-5-6(8(11)9(12)13)7(5)10(14)15-4-2/h5-8H,3-4,11H2,1-2H3,(H,12,13)/t5-,6-,7-,8-/m0/s1. The van der Waals surface area contributed by atoms with E-state index >= 15 is 0 Å². The molecule has 1 fully saturated rings. The molecule has 5 heteroatoms. The predicted octanol–water partition coefficient (Wildman–Crippen LogP) is 0.234. The molecule has 1 saturated carbocycles. The average Bonchev–Trinajstić information content (AvgIpc) is 2.90. The number of carboxylic acids is 1. The first-order valence-corrected chi connectivity index (χ1v) is 5.19. The first-order valence-electron chi connectivity index (χ1n) is 5.19. The van der Waals surface area contributed by atoms with E-state index < -0.39 is 12.0 Å². The van der Waals surface area contributed by atoms with Crippen LogP contribution in [-0.4, -0.2) is 29.7 Å². The molecule has 4 atom stereocenters. The van der Waals surface area contributed by atoms with Crippen LogP contribution in [-0.2, 0) is 14.3 Å². The average molecular weight is 215 g/mol. The van der Waals surface area contributed by atoms with Gasteiger partial charge in [0.15, 0.2) is 0 Å². The molecule has 0 aromatic heterocycles. The zero-order valence-corrected chi connectivity index (χ0v) is 8.97. The Hall–Kier alpha value is -1.10. The van der Waals surface area contributed by atoms with Gasteiger partial charge in [-0.15, -0.1) is 0 Å². The Morgan fingerprint density at radius 1 is 1.47 bits per heavy atom. The Balaban J connectivity index is 2.60. The SMILES string of the molecule is CCOC(=O)[C@H]1[C@@H](CC)[C@@H]1[C@H](N)C(=O)O. The third-order valence-corrected chi connectivity index (χ3v) is 2.96. The summed E-state index contributed by atoms with van der Waals surface area (Å²) in [5.41, 5.74) is 5.50. The molecule has 0 saturated heterocycles. The molecule has 0 spiro atoms. The van der Waals surface area contributed by atoms with Gasteiger partial charge >= 0.3 is 11.9 Å². The van der Waals surface area contributed by atoms with Crippen molar-refractivity contribution in [2.75, 3.05) is 6.61 Å². The van der Waals surface area contributed by atoms with Crippen molar-refractivity contribution in [1.82, 2.24) is 0 Å². The zero-order valence-electron chi connectivity index (χ0n) is 8.97. The van der Waals surface area contributed by atoms with Gasteiger partial charge in [0.1, 0.15) is 6.04 Å². The van der Waals surface area contributed by atoms with Gasteiger partial charge in [-0.05, 0) is 12.8 Å². The lowest BCUT2D eigenvalue weighted by molar-refractivity contribution is -0.145. The van der Waals surface area contributed by atoms with Gasteiger partial charge in [0.05, 0.1) is 12.5 Å². The highest BCUT2D eigenvalue weighted by molar-refractivity contribution is 5.81. The number of aliphatic carboxylic acids is 1. The molecular weight excluding hydrogens is 198 g/mol. The minimum absolute atomic E-state index is 0.0650. The van der Waals surface area contributed by atoms with Crippen LogP contribution < -0.4 is 5.73 Å². The maximum Gasteiger partial charge on any atom is 0.320 e. The van der Waals surface area contributed by atoms with Crippen molar-refractivity contribution < 1.29 is 19.4 Å². The predicted molar refractivity (Wildman–Crippen MR) is 53.0 cm³/mol. The number of carbonyl (C=O) groups is 2. The van der Waals surface area contributed by atoms with E-state index in [-0.39, 0.29) is 23.7 Å². The third-order valence-electron chi connectivity index (χ3n) is 2.96. The van der Waals surface area contributed by atoms with E-state index in [4.69, 9.17) is 15.6 Å². The third kappa shape index (κ3) is 2.28. The second-order valence-electron chi connectivity index (χ2n) is 3.79. The molecule has 0 unspecified atom stereocenters. The molecule has 1 aliphatic carbocycles. The molecule has 0 radical (unpaired) electrons. The van der Waals surface area contributed by atoms with E-state index in [1.165, 1.54) is 0 Å². The van der Waals surface area contributed by atoms with Gasteiger partial charge in [-0.2, -0.15) is 0 Å². The van der Waals surface area contributed by atoms with E-state index in [9.17, 15) is 9.59 Å². The van der Waals surface area contributed by atoms with E-state index in [0.29, 0.717) is 6.61 Å². The van der Waals surface area contributed by atoms with Gasteiger partial charge in [-0.25, -0.2) is 0 Å². The molecule has 0 bridgehead atoms.